The summed E-state index contributed by atoms with van der Waals surface area (Å²) in [6.45, 7) is 1.21. The van der Waals surface area contributed by atoms with Gasteiger partial charge in [0, 0.05) is 32.6 Å². The summed E-state index contributed by atoms with van der Waals surface area (Å²) < 4.78 is 20.5. The van der Waals surface area contributed by atoms with Crippen LogP contribution in [0.15, 0.2) is 66.0 Å². The molecule has 1 fully saturated rings. The van der Waals surface area contributed by atoms with Crippen LogP contribution in [-0.2, 0) is 17.6 Å². The molecule has 5 rings (SSSR count). The van der Waals surface area contributed by atoms with E-state index in [1.54, 1.807) is 17.0 Å². The fraction of sp³-hybridized carbons (Fsp3) is 0.357. The number of amides is 2. The smallest absolute Gasteiger partial charge is 0.263 e. The van der Waals surface area contributed by atoms with Crippen LogP contribution >= 0.6 is 11.3 Å². The first-order chi connectivity index (χ1) is 17.0. The molecule has 2 aliphatic heterocycles. The normalized spacial score (nSPS) is 18.6. The maximum absolute atomic E-state index is 14.5. The molecular formula is C28H29FN2O3S. The van der Waals surface area contributed by atoms with Crippen LogP contribution in [0.3, 0.4) is 0 Å². The summed E-state index contributed by atoms with van der Waals surface area (Å²) in [6, 6.07) is 18.1. The lowest BCUT2D eigenvalue weighted by Crippen LogP contribution is -2.50. The molecule has 2 aromatic carbocycles. The van der Waals surface area contributed by atoms with Crippen LogP contribution < -0.4 is 4.74 Å². The van der Waals surface area contributed by atoms with Crippen molar-refractivity contribution in [2.75, 3.05) is 20.1 Å². The van der Waals surface area contributed by atoms with Gasteiger partial charge in [-0.3, -0.25) is 9.59 Å². The van der Waals surface area contributed by atoms with E-state index >= 15 is 0 Å². The van der Waals surface area contributed by atoms with Crippen LogP contribution in [0, 0.1) is 11.7 Å². The molecule has 2 atom stereocenters. The van der Waals surface area contributed by atoms with Crippen LogP contribution in [0.4, 0.5) is 4.39 Å². The van der Waals surface area contributed by atoms with Gasteiger partial charge in [-0.2, -0.15) is 0 Å². The predicted octanol–water partition coefficient (Wildman–Crippen LogP) is 4.81. The van der Waals surface area contributed by atoms with Gasteiger partial charge >= 0.3 is 0 Å². The number of ether oxygens (including phenoxy) is 1. The number of likely N-dealkylation sites (tertiary alicyclic amines) is 1. The Balaban J connectivity index is 1.28. The molecule has 2 amide bonds. The third kappa shape index (κ3) is 4.96. The van der Waals surface area contributed by atoms with Gasteiger partial charge in [-0.05, 0) is 59.9 Å². The lowest BCUT2D eigenvalue weighted by Gasteiger charge is -2.40. The third-order valence-corrected chi connectivity index (χ3v) is 8.11. The zero-order valence-corrected chi connectivity index (χ0v) is 20.5. The molecule has 1 saturated heterocycles. The summed E-state index contributed by atoms with van der Waals surface area (Å²) in [5, 5.41) is 1.89. The highest BCUT2D eigenvalue weighted by Gasteiger charge is 2.37. The molecule has 1 aromatic heterocycles. The van der Waals surface area contributed by atoms with Gasteiger partial charge in [0.25, 0.3) is 11.8 Å². The van der Waals surface area contributed by atoms with E-state index in [4.69, 9.17) is 4.74 Å². The third-order valence-electron chi connectivity index (χ3n) is 7.25. The van der Waals surface area contributed by atoms with Gasteiger partial charge in [-0.25, -0.2) is 4.39 Å². The summed E-state index contributed by atoms with van der Waals surface area (Å²) >= 11 is 1.41. The second-order valence-corrected chi connectivity index (χ2v) is 10.3. The van der Waals surface area contributed by atoms with E-state index in [1.807, 2.05) is 59.8 Å². The van der Waals surface area contributed by atoms with E-state index < -0.39 is 6.10 Å². The monoisotopic (exact) mass is 492 g/mol. The highest BCUT2D eigenvalue weighted by molar-refractivity contribution is 7.12. The highest BCUT2D eigenvalue weighted by atomic mass is 32.1. The van der Waals surface area contributed by atoms with Crippen LogP contribution in [0.2, 0.25) is 0 Å². The minimum atomic E-state index is -0.471. The lowest BCUT2D eigenvalue weighted by atomic mass is 9.84. The fourth-order valence-electron chi connectivity index (χ4n) is 5.26. The van der Waals surface area contributed by atoms with Crippen molar-refractivity contribution in [2.24, 2.45) is 5.92 Å². The van der Waals surface area contributed by atoms with Gasteiger partial charge < -0.3 is 14.5 Å². The molecule has 35 heavy (non-hydrogen) atoms. The van der Waals surface area contributed by atoms with Crippen LogP contribution in [0.1, 0.15) is 33.6 Å². The van der Waals surface area contributed by atoms with Crippen molar-refractivity contribution < 1.29 is 18.7 Å². The summed E-state index contributed by atoms with van der Waals surface area (Å²) in [5.41, 5.74) is 1.68. The van der Waals surface area contributed by atoms with Crippen molar-refractivity contribution in [3.8, 4) is 5.75 Å². The maximum atomic E-state index is 14.5. The largest absolute Gasteiger partial charge is 0.480 e. The number of piperidine rings is 1. The van der Waals surface area contributed by atoms with Gasteiger partial charge in [0.15, 0.2) is 6.10 Å². The quantitative estimate of drug-likeness (QED) is 0.496. The number of hydrogen-bond donors (Lipinski definition) is 0. The molecule has 0 bridgehead atoms. The van der Waals surface area contributed by atoms with Crippen molar-refractivity contribution >= 4 is 23.2 Å². The lowest BCUT2D eigenvalue weighted by molar-refractivity contribution is -0.139. The number of likely N-dealkylation sites (N-methyl/N-ethyl adjacent to an activating group) is 1. The predicted molar refractivity (Wildman–Crippen MR) is 134 cm³/mol. The van der Waals surface area contributed by atoms with Gasteiger partial charge in [0.2, 0.25) is 0 Å². The SMILES string of the molecule is CN(C(=O)c1cccs1)C(Cc1ccccc1F)C1CCN(C(=O)C2Cc3ccccc3O2)CC1. The van der Waals surface area contributed by atoms with Crippen LogP contribution in [-0.4, -0.2) is 53.9 Å². The van der Waals surface area contributed by atoms with Gasteiger partial charge in [-0.15, -0.1) is 11.3 Å². The number of fused-ring (bicyclic) bond motifs is 1. The van der Waals surface area contributed by atoms with Crippen molar-refractivity contribution in [1.29, 1.82) is 0 Å². The van der Waals surface area contributed by atoms with E-state index in [0.717, 1.165) is 24.2 Å². The zero-order chi connectivity index (χ0) is 24.4. The van der Waals surface area contributed by atoms with Gasteiger partial charge in [0.05, 0.1) is 4.88 Å². The van der Waals surface area contributed by atoms with Crippen molar-refractivity contribution in [1.82, 2.24) is 9.80 Å². The first-order valence-electron chi connectivity index (χ1n) is 12.1. The number of carbonyl (C=O) groups excluding carboxylic acids is 2. The molecule has 0 saturated carbocycles. The van der Waals surface area contributed by atoms with E-state index in [1.165, 1.54) is 17.4 Å². The molecule has 3 aromatic rings. The Kier molecular flexibility index (Phi) is 6.86. The Bertz CT molecular complexity index is 1170. The van der Waals surface area contributed by atoms with Gasteiger partial charge in [-0.1, -0.05) is 42.5 Å². The van der Waals surface area contributed by atoms with Crippen LogP contribution in [0.5, 0.6) is 5.75 Å². The van der Waals surface area contributed by atoms with Crippen LogP contribution in [0.25, 0.3) is 0 Å². The Labute approximate surface area is 209 Å². The van der Waals surface area contributed by atoms with E-state index in [0.29, 0.717) is 36.4 Å². The van der Waals surface area contributed by atoms with Crippen molar-refractivity contribution in [2.45, 2.75) is 37.8 Å². The first kappa shape index (κ1) is 23.5. The number of thiophene rings is 1. The fourth-order valence-corrected chi connectivity index (χ4v) is 5.97. The molecule has 3 heterocycles. The van der Waals surface area contributed by atoms with E-state index in [-0.39, 0.29) is 29.6 Å². The first-order valence-corrected chi connectivity index (χ1v) is 13.0. The molecule has 7 heteroatoms. The Hall–Kier alpha value is -3.19. The number of halogens is 1. The summed E-state index contributed by atoms with van der Waals surface area (Å²) in [6.07, 6.45) is 2.09. The van der Waals surface area contributed by atoms with Crippen molar-refractivity contribution in [3.63, 3.8) is 0 Å². The molecule has 2 aliphatic rings. The molecule has 0 radical (unpaired) electrons. The van der Waals surface area contributed by atoms with Crippen molar-refractivity contribution in [3.05, 3.63) is 87.9 Å². The summed E-state index contributed by atoms with van der Waals surface area (Å²) in [4.78, 5) is 30.7. The van der Waals surface area contributed by atoms with E-state index in [9.17, 15) is 14.0 Å². The number of rotatable bonds is 6. The minimum Gasteiger partial charge on any atom is -0.480 e. The Morgan fingerprint density at radius 2 is 1.83 bits per heavy atom. The molecule has 5 nitrogen and oxygen atoms in total. The molecule has 0 aliphatic carbocycles. The molecule has 0 spiro atoms. The topological polar surface area (TPSA) is 49.9 Å². The minimum absolute atomic E-state index is 0.0216. The molecule has 0 N–H and O–H groups in total. The Morgan fingerprint density at radius 3 is 2.54 bits per heavy atom. The number of benzene rings is 2. The second-order valence-electron chi connectivity index (χ2n) is 9.34. The summed E-state index contributed by atoms with van der Waals surface area (Å²) in [5.74, 6) is 0.680. The number of hydrogen-bond acceptors (Lipinski definition) is 4. The number of carbonyl (C=O) groups is 2. The molecular weight excluding hydrogens is 463 g/mol. The number of para-hydroxylation sites is 1. The zero-order valence-electron chi connectivity index (χ0n) is 19.7. The van der Waals surface area contributed by atoms with Gasteiger partial charge in [0.1, 0.15) is 11.6 Å². The second kappa shape index (κ2) is 10.2. The average Bonchev–Trinajstić information content (AvgIpc) is 3.57. The molecule has 2 unspecified atom stereocenters. The maximum Gasteiger partial charge on any atom is 0.263 e. The molecule has 182 valence electrons. The Morgan fingerprint density at radius 1 is 1.09 bits per heavy atom. The van der Waals surface area contributed by atoms with E-state index in [2.05, 4.69) is 0 Å². The summed E-state index contributed by atoms with van der Waals surface area (Å²) in [7, 11) is 1.81. The average molecular weight is 493 g/mol. The standard InChI is InChI=1S/C28H29FN2O3S/c1-30(28(33)26-11-6-16-35-26)23(17-20-7-2-4-9-22(20)29)19-12-14-31(15-13-19)27(32)25-18-21-8-3-5-10-24(21)34-25/h2-11,16,19,23,25H,12-15,17-18H2,1H3. The number of nitrogens with zero attached hydrogens (tertiary/aromatic N) is 2. The highest BCUT2D eigenvalue weighted by Crippen LogP contribution is 2.32.